The first-order valence-electron chi connectivity index (χ1n) is 35.1. The lowest BCUT2D eigenvalue weighted by atomic mass is 10.0. The quantitative estimate of drug-likeness (QED) is 0.0261. The Bertz CT molecular complexity index is 1530. The second-order valence-electron chi connectivity index (χ2n) is 23.4. The summed E-state index contributed by atoms with van der Waals surface area (Å²) < 4.78 is 16.8. The van der Waals surface area contributed by atoms with Gasteiger partial charge in [0.15, 0.2) is 6.10 Å². The highest BCUT2D eigenvalue weighted by Gasteiger charge is 2.19. The van der Waals surface area contributed by atoms with Crippen LogP contribution in [0.3, 0.4) is 0 Å². The lowest BCUT2D eigenvalue weighted by molar-refractivity contribution is -0.167. The molecule has 0 saturated heterocycles. The third-order valence-electron chi connectivity index (χ3n) is 15.4. The van der Waals surface area contributed by atoms with Crippen LogP contribution in [0.15, 0.2) is 85.1 Å². The van der Waals surface area contributed by atoms with Gasteiger partial charge in [-0.2, -0.15) is 0 Å². The van der Waals surface area contributed by atoms with E-state index in [4.69, 9.17) is 14.2 Å². The summed E-state index contributed by atoms with van der Waals surface area (Å²) in [4.78, 5) is 38.1. The van der Waals surface area contributed by atoms with Gasteiger partial charge in [0, 0.05) is 19.3 Å². The maximum absolute atomic E-state index is 12.9. The minimum Gasteiger partial charge on any atom is -0.462 e. The minimum absolute atomic E-state index is 0.0869. The van der Waals surface area contributed by atoms with E-state index in [0.717, 1.165) is 109 Å². The Morgan fingerprint density at radius 3 is 0.753 bits per heavy atom. The Labute approximate surface area is 503 Å². The maximum Gasteiger partial charge on any atom is 0.306 e. The molecule has 6 nitrogen and oxygen atoms in total. The molecular weight excluding hydrogens is 997 g/mol. The van der Waals surface area contributed by atoms with Gasteiger partial charge in [-0.1, -0.05) is 343 Å². The van der Waals surface area contributed by atoms with Crippen molar-refractivity contribution in [2.24, 2.45) is 0 Å². The van der Waals surface area contributed by atoms with Gasteiger partial charge in [0.1, 0.15) is 13.2 Å². The van der Waals surface area contributed by atoms with E-state index in [1.165, 1.54) is 205 Å². The Morgan fingerprint density at radius 1 is 0.259 bits per heavy atom. The Kier molecular flexibility index (Phi) is 66.2. The van der Waals surface area contributed by atoms with Crippen molar-refractivity contribution in [1.29, 1.82) is 0 Å². The average molecular weight is 1130 g/mol. The van der Waals surface area contributed by atoms with Crippen molar-refractivity contribution in [3.8, 4) is 0 Å². The topological polar surface area (TPSA) is 78.9 Å². The fraction of sp³-hybridized carbons (Fsp3) is 0.773. The number of unbranched alkanes of at least 4 members (excludes halogenated alkanes) is 39. The van der Waals surface area contributed by atoms with Crippen LogP contribution in [0.4, 0.5) is 0 Å². The Hall–Kier alpha value is -3.41. The van der Waals surface area contributed by atoms with Crippen LogP contribution in [0.2, 0.25) is 0 Å². The average Bonchev–Trinajstić information content (AvgIpc) is 3.46. The third-order valence-corrected chi connectivity index (χ3v) is 15.4. The largest absolute Gasteiger partial charge is 0.462 e. The summed E-state index contributed by atoms with van der Waals surface area (Å²) in [5.74, 6) is -0.913. The number of rotatable bonds is 64. The van der Waals surface area contributed by atoms with Crippen LogP contribution >= 0.6 is 0 Å². The van der Waals surface area contributed by atoms with Crippen LogP contribution in [-0.4, -0.2) is 37.2 Å². The fourth-order valence-corrected chi connectivity index (χ4v) is 10.2. The number of hydrogen-bond acceptors (Lipinski definition) is 6. The molecule has 0 N–H and O–H groups in total. The molecule has 0 aromatic rings. The normalized spacial score (nSPS) is 12.6. The number of ether oxygens (including phenoxy) is 3. The molecule has 6 heteroatoms. The Balaban J connectivity index is 4.09. The lowest BCUT2D eigenvalue weighted by Crippen LogP contribution is -2.30. The summed E-state index contributed by atoms with van der Waals surface area (Å²) in [6.07, 6.45) is 92.3. The highest BCUT2D eigenvalue weighted by molar-refractivity contribution is 5.71. The number of esters is 3. The van der Waals surface area contributed by atoms with Crippen LogP contribution in [0.1, 0.15) is 355 Å². The van der Waals surface area contributed by atoms with Gasteiger partial charge in [-0.25, -0.2) is 0 Å². The van der Waals surface area contributed by atoms with Crippen molar-refractivity contribution in [3.63, 3.8) is 0 Å². The summed E-state index contributed by atoms with van der Waals surface area (Å²) in [5, 5.41) is 0. The molecule has 0 aliphatic carbocycles. The van der Waals surface area contributed by atoms with Crippen molar-refractivity contribution < 1.29 is 28.6 Å². The zero-order valence-corrected chi connectivity index (χ0v) is 53.8. The number of allylic oxidation sites excluding steroid dienone is 14. The third kappa shape index (κ3) is 67.3. The zero-order chi connectivity index (χ0) is 58.5. The molecule has 1 unspecified atom stereocenters. The predicted octanol–water partition coefficient (Wildman–Crippen LogP) is 24.2. The molecule has 81 heavy (non-hydrogen) atoms. The van der Waals surface area contributed by atoms with Crippen molar-refractivity contribution in [2.75, 3.05) is 13.2 Å². The van der Waals surface area contributed by atoms with E-state index < -0.39 is 6.10 Å². The molecule has 0 fully saturated rings. The molecule has 0 aromatic carbocycles. The van der Waals surface area contributed by atoms with Gasteiger partial charge in [0.25, 0.3) is 0 Å². The van der Waals surface area contributed by atoms with E-state index >= 15 is 0 Å². The molecule has 468 valence electrons. The van der Waals surface area contributed by atoms with Crippen LogP contribution in [0.5, 0.6) is 0 Å². The van der Waals surface area contributed by atoms with E-state index in [2.05, 4.69) is 106 Å². The molecule has 0 bridgehead atoms. The SMILES string of the molecule is CC/C=C\C/C=C\C/C=C\C/C=C\C/C=C\C/C=C\C/C=C\CCCCCC(=O)OC(COC(=O)CCCCCCCCC)COC(=O)CCCCCCCCCCCCCCCCCCCCCCCCCCCCCCCCC. The molecule has 0 aromatic heterocycles. The van der Waals surface area contributed by atoms with E-state index in [0.29, 0.717) is 19.3 Å². The highest BCUT2D eigenvalue weighted by Crippen LogP contribution is 2.18. The molecule has 0 saturated carbocycles. The van der Waals surface area contributed by atoms with E-state index in [9.17, 15) is 14.4 Å². The van der Waals surface area contributed by atoms with Gasteiger partial charge < -0.3 is 14.2 Å². The standard InChI is InChI=1S/C75H132O6/c1-4-7-10-13-16-18-20-22-24-26-28-30-32-34-35-36-37-38-39-41-42-44-46-48-50-52-54-56-59-62-65-68-74(77)80-71-72(70-79-73(76)67-64-61-58-15-12-9-6-3)81-75(78)69-66-63-60-57-55-53-51-49-47-45-43-40-33-31-29-27-25-23-21-19-17-14-11-8-5-2/h8,11,17,19,23,25,29,31,40,43,47,49,53,55,72H,4-7,9-10,12-16,18,20-22,24,26-28,30,32-39,41-42,44-46,48,50-52,54,56-71H2,1-3H3/b11-8-,19-17-,25-23-,31-29-,43-40-,49-47-,55-53-. The van der Waals surface area contributed by atoms with Crippen LogP contribution in [0, 0.1) is 0 Å². The first kappa shape index (κ1) is 77.6. The molecule has 1 atom stereocenters. The summed E-state index contributed by atoms with van der Waals surface area (Å²) in [5.41, 5.74) is 0. The predicted molar refractivity (Wildman–Crippen MR) is 353 cm³/mol. The van der Waals surface area contributed by atoms with Gasteiger partial charge in [0.2, 0.25) is 0 Å². The fourth-order valence-electron chi connectivity index (χ4n) is 10.2. The van der Waals surface area contributed by atoms with Crippen molar-refractivity contribution >= 4 is 17.9 Å². The number of carbonyl (C=O) groups is 3. The summed E-state index contributed by atoms with van der Waals surface area (Å²) in [6.45, 7) is 6.50. The molecule has 0 amide bonds. The van der Waals surface area contributed by atoms with Crippen molar-refractivity contribution in [3.05, 3.63) is 85.1 Å². The second kappa shape index (κ2) is 69.1. The second-order valence-corrected chi connectivity index (χ2v) is 23.4. The maximum atomic E-state index is 12.9. The van der Waals surface area contributed by atoms with Gasteiger partial charge in [-0.3, -0.25) is 14.4 Å². The number of hydrogen-bond donors (Lipinski definition) is 0. The molecule has 0 aliphatic heterocycles. The summed E-state index contributed by atoms with van der Waals surface area (Å²) in [7, 11) is 0. The molecule has 0 rings (SSSR count). The lowest BCUT2D eigenvalue weighted by Gasteiger charge is -2.18. The first-order valence-corrected chi connectivity index (χ1v) is 35.1. The van der Waals surface area contributed by atoms with Crippen molar-refractivity contribution in [1.82, 2.24) is 0 Å². The minimum atomic E-state index is -0.792. The Morgan fingerprint density at radius 2 is 0.481 bits per heavy atom. The van der Waals surface area contributed by atoms with Gasteiger partial charge >= 0.3 is 17.9 Å². The van der Waals surface area contributed by atoms with Crippen LogP contribution in [-0.2, 0) is 28.6 Å². The van der Waals surface area contributed by atoms with Gasteiger partial charge in [-0.15, -0.1) is 0 Å². The summed E-state index contributed by atoms with van der Waals surface area (Å²) in [6, 6.07) is 0. The number of carbonyl (C=O) groups excluding carboxylic acids is 3. The van der Waals surface area contributed by atoms with Crippen LogP contribution < -0.4 is 0 Å². The zero-order valence-electron chi connectivity index (χ0n) is 53.8. The van der Waals surface area contributed by atoms with Gasteiger partial charge in [-0.05, 0) is 77.0 Å². The molecular formula is C75H132O6. The van der Waals surface area contributed by atoms with Crippen molar-refractivity contribution in [2.45, 2.75) is 361 Å². The van der Waals surface area contributed by atoms with Crippen LogP contribution in [0.25, 0.3) is 0 Å². The monoisotopic (exact) mass is 1130 g/mol. The van der Waals surface area contributed by atoms with E-state index in [1.54, 1.807) is 0 Å². The smallest absolute Gasteiger partial charge is 0.306 e. The molecule has 0 heterocycles. The molecule has 0 radical (unpaired) electrons. The first-order chi connectivity index (χ1) is 40.0. The summed E-state index contributed by atoms with van der Waals surface area (Å²) >= 11 is 0. The van der Waals surface area contributed by atoms with E-state index in [1.807, 2.05) is 0 Å². The molecule has 0 spiro atoms. The molecule has 0 aliphatic rings. The van der Waals surface area contributed by atoms with Gasteiger partial charge in [0.05, 0.1) is 0 Å². The highest BCUT2D eigenvalue weighted by atomic mass is 16.6. The van der Waals surface area contributed by atoms with E-state index in [-0.39, 0.29) is 31.1 Å².